The molecule has 0 saturated carbocycles. The van der Waals surface area contributed by atoms with E-state index in [4.69, 9.17) is 0 Å². The van der Waals surface area contributed by atoms with Crippen LogP contribution in [0.15, 0.2) is 6.07 Å². The van der Waals surface area contributed by atoms with Gasteiger partial charge in [-0.2, -0.15) is 5.10 Å². The minimum absolute atomic E-state index is 0.655. The average molecular weight is 209 g/mol. The Labute approximate surface area is 92.9 Å². The predicted octanol–water partition coefficient (Wildman–Crippen LogP) is 2.28. The molecule has 3 nitrogen and oxygen atoms in total. The van der Waals surface area contributed by atoms with Crippen LogP contribution in [0.5, 0.6) is 0 Å². The van der Waals surface area contributed by atoms with Crippen molar-refractivity contribution in [1.82, 2.24) is 15.1 Å². The highest BCUT2D eigenvalue weighted by molar-refractivity contribution is 5.06. The monoisotopic (exact) mass is 209 g/mol. The fourth-order valence-electron chi connectivity index (χ4n) is 1.94. The van der Waals surface area contributed by atoms with Crippen molar-refractivity contribution in [3.8, 4) is 0 Å². The summed E-state index contributed by atoms with van der Waals surface area (Å²) in [6.45, 7) is 7.43. The first-order valence-corrected chi connectivity index (χ1v) is 5.85. The lowest BCUT2D eigenvalue weighted by Gasteiger charge is -2.13. The highest BCUT2D eigenvalue weighted by Gasteiger charge is 2.04. The molecule has 0 amide bonds. The van der Waals surface area contributed by atoms with Gasteiger partial charge in [0.1, 0.15) is 0 Å². The van der Waals surface area contributed by atoms with Gasteiger partial charge in [-0.3, -0.25) is 4.68 Å². The first kappa shape index (κ1) is 12.2. The Bertz CT molecular complexity index is 287. The van der Waals surface area contributed by atoms with E-state index in [-0.39, 0.29) is 0 Å². The van der Waals surface area contributed by atoms with E-state index in [1.807, 2.05) is 14.0 Å². The Kier molecular flexibility index (Phi) is 4.82. The first-order chi connectivity index (χ1) is 7.17. The van der Waals surface area contributed by atoms with Crippen molar-refractivity contribution in [2.75, 3.05) is 7.05 Å². The van der Waals surface area contributed by atoms with Gasteiger partial charge in [0.05, 0.1) is 5.69 Å². The van der Waals surface area contributed by atoms with E-state index >= 15 is 0 Å². The number of rotatable bonds is 6. The Morgan fingerprint density at radius 1 is 1.47 bits per heavy atom. The number of aryl methyl sites for hydroxylation is 3. The Morgan fingerprint density at radius 2 is 2.20 bits per heavy atom. The highest BCUT2D eigenvalue weighted by Crippen LogP contribution is 2.06. The summed E-state index contributed by atoms with van der Waals surface area (Å²) in [7, 11) is 2.04. The maximum absolute atomic E-state index is 4.45. The number of nitrogens with one attached hydrogen (secondary N) is 1. The van der Waals surface area contributed by atoms with Crippen LogP contribution in [-0.2, 0) is 6.54 Å². The van der Waals surface area contributed by atoms with Gasteiger partial charge < -0.3 is 5.32 Å². The molecule has 0 aromatic carbocycles. The van der Waals surface area contributed by atoms with Crippen molar-refractivity contribution in [2.45, 2.75) is 52.6 Å². The molecule has 0 aliphatic carbocycles. The third kappa shape index (κ3) is 3.67. The van der Waals surface area contributed by atoms with Crippen LogP contribution in [0.3, 0.4) is 0 Å². The lowest BCUT2D eigenvalue weighted by Crippen LogP contribution is -2.24. The third-order valence-electron chi connectivity index (χ3n) is 2.93. The smallest absolute Gasteiger partial charge is 0.0596 e. The summed E-state index contributed by atoms with van der Waals surface area (Å²) in [5, 5.41) is 7.78. The van der Waals surface area contributed by atoms with Gasteiger partial charge in [-0.25, -0.2) is 0 Å². The molecule has 0 fully saturated rings. The standard InChI is InChI=1S/C12H23N3/c1-5-12(13-4)7-6-8-15-11(3)9-10(2)14-15/h9,12-13H,5-8H2,1-4H3. The van der Waals surface area contributed by atoms with Gasteiger partial charge in [0.15, 0.2) is 0 Å². The SMILES string of the molecule is CCC(CCCn1nc(C)cc1C)NC. The van der Waals surface area contributed by atoms with E-state index in [1.165, 1.54) is 25.0 Å². The van der Waals surface area contributed by atoms with E-state index in [0.29, 0.717) is 6.04 Å². The second-order valence-electron chi connectivity index (χ2n) is 4.19. The van der Waals surface area contributed by atoms with Crippen molar-refractivity contribution in [2.24, 2.45) is 0 Å². The van der Waals surface area contributed by atoms with Crippen LogP contribution in [0.1, 0.15) is 37.6 Å². The Hall–Kier alpha value is -0.830. The van der Waals surface area contributed by atoms with Gasteiger partial charge in [-0.1, -0.05) is 6.92 Å². The van der Waals surface area contributed by atoms with Crippen molar-refractivity contribution >= 4 is 0 Å². The van der Waals surface area contributed by atoms with E-state index < -0.39 is 0 Å². The molecule has 1 atom stereocenters. The molecule has 1 N–H and O–H groups in total. The minimum Gasteiger partial charge on any atom is -0.317 e. The van der Waals surface area contributed by atoms with Gasteiger partial charge >= 0.3 is 0 Å². The molecule has 0 radical (unpaired) electrons. The molecular formula is C12H23N3. The maximum Gasteiger partial charge on any atom is 0.0596 e. The summed E-state index contributed by atoms with van der Waals surface area (Å²) in [5.74, 6) is 0. The Balaban J connectivity index is 2.34. The van der Waals surface area contributed by atoms with Gasteiger partial charge in [0, 0.05) is 18.3 Å². The zero-order valence-electron chi connectivity index (χ0n) is 10.4. The molecule has 0 aliphatic heterocycles. The summed E-state index contributed by atoms with van der Waals surface area (Å²) in [5.41, 5.74) is 2.39. The van der Waals surface area contributed by atoms with E-state index in [1.54, 1.807) is 0 Å². The van der Waals surface area contributed by atoms with Crippen molar-refractivity contribution in [3.63, 3.8) is 0 Å². The third-order valence-corrected chi connectivity index (χ3v) is 2.93. The molecule has 1 rings (SSSR count). The first-order valence-electron chi connectivity index (χ1n) is 5.85. The minimum atomic E-state index is 0.655. The van der Waals surface area contributed by atoms with E-state index in [2.05, 4.69) is 35.0 Å². The molecule has 0 bridgehead atoms. The van der Waals surface area contributed by atoms with Crippen molar-refractivity contribution in [3.05, 3.63) is 17.5 Å². The van der Waals surface area contributed by atoms with Crippen LogP contribution >= 0.6 is 0 Å². The summed E-state index contributed by atoms with van der Waals surface area (Å²) < 4.78 is 2.11. The average Bonchev–Trinajstić information content (AvgIpc) is 2.52. The van der Waals surface area contributed by atoms with Gasteiger partial charge in [-0.05, 0) is 46.2 Å². The summed E-state index contributed by atoms with van der Waals surface area (Å²) in [6, 6.07) is 2.79. The molecule has 3 heteroatoms. The fourth-order valence-corrected chi connectivity index (χ4v) is 1.94. The molecule has 0 spiro atoms. The van der Waals surface area contributed by atoms with Gasteiger partial charge in [-0.15, -0.1) is 0 Å². The quantitative estimate of drug-likeness (QED) is 0.779. The second-order valence-corrected chi connectivity index (χ2v) is 4.19. The normalized spacial score (nSPS) is 13.1. The molecule has 0 aliphatic rings. The van der Waals surface area contributed by atoms with Crippen LogP contribution in [0.25, 0.3) is 0 Å². The molecule has 1 aromatic heterocycles. The molecule has 1 unspecified atom stereocenters. The van der Waals surface area contributed by atoms with E-state index in [9.17, 15) is 0 Å². The van der Waals surface area contributed by atoms with Crippen molar-refractivity contribution < 1.29 is 0 Å². The van der Waals surface area contributed by atoms with Crippen LogP contribution in [0, 0.1) is 13.8 Å². The lowest BCUT2D eigenvalue weighted by atomic mass is 10.1. The van der Waals surface area contributed by atoms with Gasteiger partial charge in [0.25, 0.3) is 0 Å². The van der Waals surface area contributed by atoms with Crippen molar-refractivity contribution in [1.29, 1.82) is 0 Å². The van der Waals surface area contributed by atoms with E-state index in [0.717, 1.165) is 12.2 Å². The van der Waals surface area contributed by atoms with Crippen LogP contribution in [0.4, 0.5) is 0 Å². The fraction of sp³-hybridized carbons (Fsp3) is 0.750. The summed E-state index contributed by atoms with van der Waals surface area (Å²) >= 11 is 0. The molecule has 86 valence electrons. The largest absolute Gasteiger partial charge is 0.317 e. The number of aromatic nitrogens is 2. The summed E-state index contributed by atoms with van der Waals surface area (Å²) in [6.07, 6.45) is 3.63. The maximum atomic E-state index is 4.45. The zero-order valence-corrected chi connectivity index (χ0v) is 10.4. The molecule has 1 heterocycles. The van der Waals surface area contributed by atoms with Crippen LogP contribution in [0.2, 0.25) is 0 Å². The number of hydrogen-bond donors (Lipinski definition) is 1. The molecule has 15 heavy (non-hydrogen) atoms. The second kappa shape index (κ2) is 5.91. The molecule has 0 saturated heterocycles. The predicted molar refractivity (Wildman–Crippen MR) is 64.1 cm³/mol. The highest BCUT2D eigenvalue weighted by atomic mass is 15.3. The topological polar surface area (TPSA) is 29.9 Å². The lowest BCUT2D eigenvalue weighted by molar-refractivity contribution is 0.452. The van der Waals surface area contributed by atoms with Crippen LogP contribution in [-0.4, -0.2) is 22.9 Å². The zero-order chi connectivity index (χ0) is 11.3. The summed E-state index contributed by atoms with van der Waals surface area (Å²) in [4.78, 5) is 0. The number of nitrogens with zero attached hydrogens (tertiary/aromatic N) is 2. The van der Waals surface area contributed by atoms with Gasteiger partial charge in [0.2, 0.25) is 0 Å². The Morgan fingerprint density at radius 3 is 2.67 bits per heavy atom. The molecular weight excluding hydrogens is 186 g/mol. The van der Waals surface area contributed by atoms with Crippen LogP contribution < -0.4 is 5.32 Å². The number of hydrogen-bond acceptors (Lipinski definition) is 2. The molecule has 1 aromatic rings.